The van der Waals surface area contributed by atoms with Crippen LogP contribution in [0, 0.1) is 12.3 Å². The highest BCUT2D eigenvalue weighted by Crippen LogP contribution is 2.57. The topological polar surface area (TPSA) is 49.7 Å². The largest absolute Gasteiger partial charge is 0.280 e. The molecule has 0 saturated carbocycles. The van der Waals surface area contributed by atoms with Crippen molar-refractivity contribution in [1.29, 1.82) is 0 Å². The zero-order chi connectivity index (χ0) is 24.7. The highest BCUT2D eigenvalue weighted by molar-refractivity contribution is 7.89. The molecule has 1 aliphatic rings. The first-order chi connectivity index (χ1) is 16.8. The van der Waals surface area contributed by atoms with Gasteiger partial charge in [0.15, 0.2) is 0 Å². The lowest BCUT2D eigenvalue weighted by Crippen LogP contribution is -2.53. The molecule has 5 heteroatoms. The molecule has 0 saturated heterocycles. The van der Waals surface area contributed by atoms with Crippen LogP contribution in [0.3, 0.4) is 0 Å². The molecule has 5 rings (SSSR count). The molecular formula is C30H28N2O2S. The third-order valence-corrected chi connectivity index (χ3v) is 8.63. The molecule has 0 aliphatic carbocycles. The fourth-order valence-corrected chi connectivity index (χ4v) is 6.90. The van der Waals surface area contributed by atoms with Crippen molar-refractivity contribution in [2.24, 2.45) is 10.5 Å². The smallest absolute Gasteiger partial charge is 0.200 e. The molecule has 0 radical (unpaired) electrons. The van der Waals surface area contributed by atoms with E-state index in [-0.39, 0.29) is 4.90 Å². The predicted molar refractivity (Wildman–Crippen MR) is 141 cm³/mol. The first-order valence-corrected chi connectivity index (χ1v) is 13.1. The number of nitrogens with zero attached hydrogens (tertiary/aromatic N) is 2. The Bertz CT molecular complexity index is 1420. The normalized spacial score (nSPS) is 16.7. The fraction of sp³-hybridized carbons (Fsp3) is 0.167. The maximum Gasteiger partial charge on any atom is 0.280 e. The van der Waals surface area contributed by atoms with Crippen LogP contribution in [0.4, 0.5) is 0 Å². The van der Waals surface area contributed by atoms with E-state index < -0.39 is 21.0 Å². The van der Waals surface area contributed by atoms with Crippen molar-refractivity contribution >= 4 is 15.7 Å². The Hall–Kier alpha value is -3.70. The van der Waals surface area contributed by atoms with Crippen LogP contribution >= 0.6 is 0 Å². The van der Waals surface area contributed by atoms with Gasteiger partial charge in [0.05, 0.1) is 10.6 Å². The molecule has 0 N–H and O–H groups in total. The van der Waals surface area contributed by atoms with Gasteiger partial charge in [0, 0.05) is 5.41 Å². The summed E-state index contributed by atoms with van der Waals surface area (Å²) in [6.07, 6.45) is 0. The lowest BCUT2D eigenvalue weighted by molar-refractivity contribution is 0.166. The van der Waals surface area contributed by atoms with E-state index in [1.807, 2.05) is 110 Å². The van der Waals surface area contributed by atoms with Gasteiger partial charge in [0.1, 0.15) is 5.54 Å². The summed E-state index contributed by atoms with van der Waals surface area (Å²) >= 11 is 0. The molecule has 0 bridgehead atoms. The second-order valence-electron chi connectivity index (χ2n) is 9.44. The third kappa shape index (κ3) is 3.50. The minimum absolute atomic E-state index is 0.216. The fourth-order valence-electron chi connectivity index (χ4n) is 5.23. The van der Waals surface area contributed by atoms with Crippen molar-refractivity contribution < 1.29 is 8.42 Å². The number of hydrazone groups is 1. The second kappa shape index (κ2) is 8.51. The summed E-state index contributed by atoms with van der Waals surface area (Å²) in [4.78, 5) is 0.216. The quantitative estimate of drug-likeness (QED) is 0.333. The first-order valence-electron chi connectivity index (χ1n) is 11.7. The zero-order valence-electron chi connectivity index (χ0n) is 20.1. The standard InChI is InChI=1S/C30H28N2O2S/c1-23-19-21-27(22-20-23)35(33,34)32-30(25-15-9-5-10-16-25,26-17-11-6-12-18-26)29(2,3)28(31-32)24-13-7-4-8-14-24/h4-22H,1-3H3. The van der Waals surface area contributed by atoms with E-state index >= 15 is 0 Å². The molecule has 1 heterocycles. The number of rotatable bonds is 5. The highest BCUT2D eigenvalue weighted by Gasteiger charge is 2.62. The summed E-state index contributed by atoms with van der Waals surface area (Å²) in [5.41, 5.74) is 2.52. The van der Waals surface area contributed by atoms with Crippen LogP contribution in [-0.2, 0) is 15.6 Å². The second-order valence-corrected chi connectivity index (χ2v) is 11.2. The molecule has 35 heavy (non-hydrogen) atoms. The Morgan fingerprint density at radius 3 is 1.60 bits per heavy atom. The Morgan fingerprint density at radius 1 is 0.657 bits per heavy atom. The molecule has 0 amide bonds. The molecule has 0 atom stereocenters. The lowest BCUT2D eigenvalue weighted by atomic mass is 9.62. The Kier molecular flexibility index (Phi) is 5.60. The van der Waals surface area contributed by atoms with Gasteiger partial charge in [-0.3, -0.25) is 0 Å². The van der Waals surface area contributed by atoms with E-state index in [4.69, 9.17) is 5.10 Å². The monoisotopic (exact) mass is 480 g/mol. The van der Waals surface area contributed by atoms with Gasteiger partial charge in [-0.1, -0.05) is 123 Å². The van der Waals surface area contributed by atoms with E-state index in [0.717, 1.165) is 28.0 Å². The molecule has 0 fully saturated rings. The lowest BCUT2D eigenvalue weighted by Gasteiger charge is -2.46. The molecular weight excluding hydrogens is 452 g/mol. The van der Waals surface area contributed by atoms with Crippen molar-refractivity contribution in [2.75, 3.05) is 0 Å². The minimum Gasteiger partial charge on any atom is -0.200 e. The number of hydrogen-bond acceptors (Lipinski definition) is 3. The van der Waals surface area contributed by atoms with Gasteiger partial charge in [0.25, 0.3) is 10.0 Å². The summed E-state index contributed by atoms with van der Waals surface area (Å²) in [7, 11) is -4.03. The summed E-state index contributed by atoms with van der Waals surface area (Å²) in [5, 5.41) is 4.95. The molecule has 4 aromatic rings. The van der Waals surface area contributed by atoms with Gasteiger partial charge in [-0.2, -0.15) is 17.9 Å². The average molecular weight is 481 g/mol. The van der Waals surface area contributed by atoms with Crippen molar-refractivity contribution in [2.45, 2.75) is 31.2 Å². The van der Waals surface area contributed by atoms with E-state index in [2.05, 4.69) is 13.8 Å². The minimum atomic E-state index is -4.03. The van der Waals surface area contributed by atoms with E-state index in [1.165, 1.54) is 4.41 Å². The average Bonchev–Trinajstić information content (AvgIpc) is 3.14. The molecule has 176 valence electrons. The molecule has 4 aromatic carbocycles. The maximum absolute atomic E-state index is 14.4. The maximum atomic E-state index is 14.4. The van der Waals surface area contributed by atoms with Gasteiger partial charge >= 0.3 is 0 Å². The molecule has 0 aromatic heterocycles. The Morgan fingerprint density at radius 2 is 1.11 bits per heavy atom. The molecule has 0 spiro atoms. The van der Waals surface area contributed by atoms with Crippen molar-refractivity contribution in [3.8, 4) is 0 Å². The predicted octanol–water partition coefficient (Wildman–Crippen LogP) is 6.37. The van der Waals surface area contributed by atoms with Crippen molar-refractivity contribution in [3.05, 3.63) is 138 Å². The number of hydrogen-bond donors (Lipinski definition) is 0. The highest BCUT2D eigenvalue weighted by atomic mass is 32.2. The van der Waals surface area contributed by atoms with Crippen LogP contribution in [0.5, 0.6) is 0 Å². The zero-order valence-corrected chi connectivity index (χ0v) is 20.9. The molecule has 1 aliphatic heterocycles. The summed E-state index contributed by atoms with van der Waals surface area (Å²) in [6.45, 7) is 6.12. The van der Waals surface area contributed by atoms with Gasteiger partial charge in [-0.15, -0.1) is 0 Å². The Labute approximate surface area is 207 Å². The number of sulfonamides is 1. The number of aryl methyl sites for hydroxylation is 1. The Balaban J connectivity index is 1.88. The van der Waals surface area contributed by atoms with E-state index in [1.54, 1.807) is 12.1 Å². The van der Waals surface area contributed by atoms with Crippen LogP contribution < -0.4 is 0 Å². The van der Waals surface area contributed by atoms with Gasteiger partial charge < -0.3 is 0 Å². The van der Waals surface area contributed by atoms with Crippen LogP contribution in [0.1, 0.15) is 36.1 Å². The third-order valence-electron chi connectivity index (χ3n) is 6.95. The van der Waals surface area contributed by atoms with Crippen molar-refractivity contribution in [1.82, 2.24) is 4.41 Å². The van der Waals surface area contributed by atoms with E-state index in [9.17, 15) is 8.42 Å². The summed E-state index contributed by atoms with van der Waals surface area (Å²) < 4.78 is 30.1. The van der Waals surface area contributed by atoms with Crippen molar-refractivity contribution in [3.63, 3.8) is 0 Å². The van der Waals surface area contributed by atoms with Gasteiger partial charge in [0.2, 0.25) is 0 Å². The van der Waals surface area contributed by atoms with Crippen LogP contribution in [0.2, 0.25) is 0 Å². The van der Waals surface area contributed by atoms with Crippen LogP contribution in [0.15, 0.2) is 125 Å². The van der Waals surface area contributed by atoms with E-state index in [0.29, 0.717) is 0 Å². The SMILES string of the molecule is Cc1ccc(S(=O)(=O)N2N=C(c3ccccc3)C(C)(C)C2(c2ccccc2)c2ccccc2)cc1. The molecule has 0 unspecified atom stereocenters. The number of benzene rings is 4. The van der Waals surface area contributed by atoms with Crippen LogP contribution in [0.25, 0.3) is 0 Å². The van der Waals surface area contributed by atoms with Gasteiger partial charge in [-0.25, -0.2) is 0 Å². The summed E-state index contributed by atoms with van der Waals surface area (Å²) in [6, 6.07) is 36.5. The molecule has 4 nitrogen and oxygen atoms in total. The van der Waals surface area contributed by atoms with Gasteiger partial charge in [-0.05, 0) is 35.7 Å². The van der Waals surface area contributed by atoms with Crippen LogP contribution in [-0.4, -0.2) is 18.5 Å². The first kappa shape index (κ1) is 23.1. The summed E-state index contributed by atoms with van der Waals surface area (Å²) in [5.74, 6) is 0.